The van der Waals surface area contributed by atoms with Gasteiger partial charge in [0.25, 0.3) is 5.24 Å². The smallest absolute Gasteiger partial charge is 0.286 e. The molecule has 1 saturated heterocycles. The Morgan fingerprint density at radius 3 is 2.48 bits per heavy atom. The zero-order valence-electron chi connectivity index (χ0n) is 16.0. The highest BCUT2D eigenvalue weighted by atomic mass is 32.2. The molecule has 1 atom stereocenters. The van der Waals surface area contributed by atoms with Crippen LogP contribution < -0.4 is 5.32 Å². The van der Waals surface area contributed by atoms with Crippen molar-refractivity contribution in [3.05, 3.63) is 65.3 Å². The van der Waals surface area contributed by atoms with Crippen LogP contribution in [0.1, 0.15) is 17.5 Å². The molecule has 1 unspecified atom stereocenters. The number of ketones is 1. The van der Waals surface area contributed by atoms with Crippen LogP contribution in [0, 0.1) is 0 Å². The Morgan fingerprint density at radius 1 is 1.21 bits per heavy atom. The lowest BCUT2D eigenvalue weighted by Gasteiger charge is -2.30. The van der Waals surface area contributed by atoms with Gasteiger partial charge in [-0.25, -0.2) is 0 Å². The van der Waals surface area contributed by atoms with Crippen LogP contribution in [-0.2, 0) is 25.5 Å². The number of aliphatic hydroxyl groups excluding tert-OH is 1. The number of aliphatic hydroxyl groups is 1. The van der Waals surface area contributed by atoms with E-state index in [0.717, 1.165) is 22.9 Å². The minimum Gasteiger partial charge on any atom is -0.507 e. The van der Waals surface area contributed by atoms with E-state index in [1.807, 2.05) is 12.1 Å². The van der Waals surface area contributed by atoms with Gasteiger partial charge in [-0.15, -0.1) is 0 Å². The van der Waals surface area contributed by atoms with E-state index >= 15 is 0 Å². The average molecular weight is 415 g/mol. The summed E-state index contributed by atoms with van der Waals surface area (Å²) in [6.07, 6.45) is 6.97. The lowest BCUT2D eigenvalue weighted by Crippen LogP contribution is -2.43. The maximum Gasteiger partial charge on any atom is 0.286 e. The number of carbonyl (C=O) groups excluding carboxylic acids is 3. The molecule has 7 nitrogen and oxygen atoms in total. The van der Waals surface area contributed by atoms with E-state index in [0.29, 0.717) is 12.0 Å². The topological polar surface area (TPSA) is 102 Å². The number of rotatable bonds is 6. The Bertz CT molecular complexity index is 912. The molecule has 1 fully saturated rings. The predicted molar refractivity (Wildman–Crippen MR) is 109 cm³/mol. The first-order valence-corrected chi connectivity index (χ1v) is 9.78. The highest BCUT2D eigenvalue weighted by molar-refractivity contribution is 8.15. The van der Waals surface area contributed by atoms with Gasteiger partial charge in [0.1, 0.15) is 5.76 Å². The minimum atomic E-state index is -1.34. The Kier molecular flexibility index (Phi) is 6.36. The highest BCUT2D eigenvalue weighted by Gasteiger charge is 2.39. The monoisotopic (exact) mass is 415 g/mol. The summed E-state index contributed by atoms with van der Waals surface area (Å²) < 4.78 is 10.5. The zero-order valence-corrected chi connectivity index (χ0v) is 16.8. The van der Waals surface area contributed by atoms with Gasteiger partial charge in [-0.05, 0) is 29.7 Å². The van der Waals surface area contributed by atoms with Gasteiger partial charge in [0.15, 0.2) is 0 Å². The van der Waals surface area contributed by atoms with Crippen LogP contribution >= 0.6 is 11.8 Å². The zero-order chi connectivity index (χ0) is 21.0. The maximum absolute atomic E-state index is 12.0. The number of benzene rings is 1. The van der Waals surface area contributed by atoms with Gasteiger partial charge in [-0.2, -0.15) is 0 Å². The Balaban J connectivity index is 1.69. The number of imide groups is 1. The highest BCUT2D eigenvalue weighted by Crippen LogP contribution is 2.29. The van der Waals surface area contributed by atoms with Crippen molar-refractivity contribution < 1.29 is 29.0 Å². The van der Waals surface area contributed by atoms with Crippen molar-refractivity contribution in [1.82, 2.24) is 5.32 Å². The third-order valence-corrected chi connectivity index (χ3v) is 5.79. The molecule has 2 amide bonds. The summed E-state index contributed by atoms with van der Waals surface area (Å²) in [4.78, 5) is 34.9. The van der Waals surface area contributed by atoms with E-state index in [9.17, 15) is 19.5 Å². The summed E-state index contributed by atoms with van der Waals surface area (Å²) in [7, 11) is 2.83. The molecule has 8 heteroatoms. The number of allylic oxidation sites excluding steroid dienone is 3. The first-order valence-electron chi connectivity index (χ1n) is 8.90. The molecule has 29 heavy (non-hydrogen) atoms. The van der Waals surface area contributed by atoms with E-state index in [1.54, 1.807) is 30.4 Å². The van der Waals surface area contributed by atoms with E-state index in [-0.39, 0.29) is 29.1 Å². The molecule has 1 heterocycles. The van der Waals surface area contributed by atoms with Crippen molar-refractivity contribution in [1.29, 1.82) is 0 Å². The van der Waals surface area contributed by atoms with E-state index < -0.39 is 11.0 Å². The number of hydrogen-bond acceptors (Lipinski definition) is 7. The summed E-state index contributed by atoms with van der Waals surface area (Å²) in [5.41, 5.74) is 2.26. The number of carbonyl (C=O) groups is 3. The lowest BCUT2D eigenvalue weighted by atomic mass is 9.94. The summed E-state index contributed by atoms with van der Waals surface area (Å²) in [5, 5.41) is 11.9. The van der Waals surface area contributed by atoms with Crippen LogP contribution in [0.2, 0.25) is 0 Å². The number of thioether (sulfide) groups is 1. The lowest BCUT2D eigenvalue weighted by molar-refractivity contribution is -0.202. The van der Waals surface area contributed by atoms with Crippen molar-refractivity contribution in [3.8, 4) is 0 Å². The molecule has 0 bridgehead atoms. The Labute approximate surface area is 172 Å². The van der Waals surface area contributed by atoms with Crippen molar-refractivity contribution in [2.45, 2.75) is 23.9 Å². The van der Waals surface area contributed by atoms with Crippen LogP contribution in [0.4, 0.5) is 4.79 Å². The quantitative estimate of drug-likeness (QED) is 0.544. The number of nitrogens with one attached hydrogen (secondary N) is 1. The Hall–Kier alpha value is -2.68. The molecule has 0 saturated carbocycles. The maximum atomic E-state index is 12.0. The second kappa shape index (κ2) is 8.77. The first kappa shape index (κ1) is 21.0. The van der Waals surface area contributed by atoms with Gasteiger partial charge < -0.3 is 14.6 Å². The van der Waals surface area contributed by atoms with Gasteiger partial charge in [-0.1, -0.05) is 48.2 Å². The molecule has 1 aromatic rings. The molecule has 0 aromatic heterocycles. The Morgan fingerprint density at radius 2 is 1.90 bits per heavy atom. The summed E-state index contributed by atoms with van der Waals surface area (Å²) in [6.45, 7) is 0. The summed E-state index contributed by atoms with van der Waals surface area (Å²) in [5.74, 6) is -1.82. The molecule has 2 N–H and O–H groups in total. The molecule has 1 aliphatic carbocycles. The fraction of sp³-hybridized carbons (Fsp3) is 0.286. The van der Waals surface area contributed by atoms with Crippen LogP contribution in [0.25, 0.3) is 5.76 Å². The van der Waals surface area contributed by atoms with Crippen molar-refractivity contribution in [3.63, 3.8) is 0 Å². The van der Waals surface area contributed by atoms with Crippen molar-refractivity contribution in [2.24, 2.45) is 0 Å². The molecule has 1 aromatic carbocycles. The fourth-order valence-corrected chi connectivity index (χ4v) is 3.96. The molecule has 2 aliphatic rings. The van der Waals surface area contributed by atoms with Gasteiger partial charge in [0, 0.05) is 26.2 Å². The first-order chi connectivity index (χ1) is 13.9. The largest absolute Gasteiger partial charge is 0.507 e. The summed E-state index contributed by atoms with van der Waals surface area (Å²) in [6, 6.07) is 7.11. The van der Waals surface area contributed by atoms with E-state index in [4.69, 9.17) is 9.47 Å². The van der Waals surface area contributed by atoms with Crippen LogP contribution in [0.5, 0.6) is 0 Å². The second-order valence-electron chi connectivity index (χ2n) is 6.61. The standard InChI is InChI=1S/C21H21NO6S/c1-27-21(28-2)12-14(6-10-18(21)24)5-9-16(23)15-7-3-13(4-8-15)11-17-19(25)22-20(26)29-17/h3-10,17,23H,11-12H2,1-2H3,(H,22,25,26). The van der Waals surface area contributed by atoms with Crippen molar-refractivity contribution in [2.75, 3.05) is 14.2 Å². The molecule has 0 spiro atoms. The molecule has 152 valence electrons. The average Bonchev–Trinajstić information content (AvgIpc) is 3.04. The van der Waals surface area contributed by atoms with E-state index in [1.165, 1.54) is 20.3 Å². The van der Waals surface area contributed by atoms with Gasteiger partial charge >= 0.3 is 0 Å². The summed E-state index contributed by atoms with van der Waals surface area (Å²) >= 11 is 0.988. The van der Waals surface area contributed by atoms with Crippen molar-refractivity contribution >= 4 is 34.5 Å². The van der Waals surface area contributed by atoms with Gasteiger partial charge in [0.2, 0.25) is 17.5 Å². The second-order valence-corrected chi connectivity index (χ2v) is 7.79. The fourth-order valence-electron chi connectivity index (χ4n) is 3.10. The number of ether oxygens (including phenoxy) is 2. The molecular formula is C21H21NO6S. The molecule has 1 aliphatic heterocycles. The molecular weight excluding hydrogens is 394 g/mol. The molecule has 3 rings (SSSR count). The minimum absolute atomic E-state index is 0.0537. The van der Waals surface area contributed by atoms with Crippen LogP contribution in [-0.4, -0.2) is 47.3 Å². The number of methoxy groups -OCH3 is 2. The number of amides is 2. The van der Waals surface area contributed by atoms with Gasteiger partial charge in [0.05, 0.1) is 5.25 Å². The predicted octanol–water partition coefficient (Wildman–Crippen LogP) is 2.92. The van der Waals surface area contributed by atoms with Crippen LogP contribution in [0.3, 0.4) is 0 Å². The van der Waals surface area contributed by atoms with Crippen LogP contribution in [0.15, 0.2) is 54.1 Å². The molecule has 0 radical (unpaired) electrons. The third kappa shape index (κ3) is 4.67. The third-order valence-electron chi connectivity index (χ3n) is 4.81. The number of hydrogen-bond donors (Lipinski definition) is 2. The van der Waals surface area contributed by atoms with Gasteiger partial charge in [-0.3, -0.25) is 19.7 Å². The van der Waals surface area contributed by atoms with E-state index in [2.05, 4.69) is 5.32 Å². The normalized spacial score (nSPS) is 23.0. The SMILES string of the molecule is COC1(OC)CC(=CC=C(O)c2ccc(CC3SC(=O)NC3=O)cc2)C=CC1=O.